The lowest BCUT2D eigenvalue weighted by Crippen LogP contribution is -2.09. The lowest BCUT2D eigenvalue weighted by molar-refractivity contribution is -0.144. The topological polar surface area (TPSA) is 110 Å². The summed E-state index contributed by atoms with van der Waals surface area (Å²) >= 11 is 0. The van der Waals surface area contributed by atoms with E-state index in [1.54, 1.807) is 0 Å². The van der Waals surface area contributed by atoms with Gasteiger partial charge < -0.3 is 14.6 Å². The van der Waals surface area contributed by atoms with Crippen molar-refractivity contribution in [3.63, 3.8) is 0 Å². The Hall–Kier alpha value is -0.420. The molecule has 84 valence electrons. The second kappa shape index (κ2) is 6.95. The molecule has 0 amide bonds. The molecule has 0 fully saturated rings. The largest absolute Gasteiger partial charge is 0.373 e. The van der Waals surface area contributed by atoms with Crippen LogP contribution in [0.4, 0.5) is 0 Å². The third-order valence-electron chi connectivity index (χ3n) is 1.71. The van der Waals surface area contributed by atoms with Gasteiger partial charge in [0.2, 0.25) is 0 Å². The highest BCUT2D eigenvalue weighted by Crippen LogP contribution is 2.35. The van der Waals surface area contributed by atoms with E-state index >= 15 is 0 Å². The summed E-state index contributed by atoms with van der Waals surface area (Å²) in [5.74, 6) is 4.16. The van der Waals surface area contributed by atoms with Gasteiger partial charge >= 0.3 is 13.6 Å². The predicted octanol–water partition coefficient (Wildman–Crippen LogP) is 0.531. The molecule has 0 rings (SSSR count). The number of hydrogen-bond donors (Lipinski definition) is 3. The van der Waals surface area contributed by atoms with Gasteiger partial charge in [0.25, 0.3) is 0 Å². The zero-order valence-electron chi connectivity index (χ0n) is 7.89. The van der Waals surface area contributed by atoms with Crippen LogP contribution in [0.25, 0.3) is 0 Å². The van der Waals surface area contributed by atoms with Crippen LogP contribution in [0.1, 0.15) is 32.1 Å². The number of nitrogens with two attached hydrogens (primary N) is 1. The summed E-state index contributed by atoms with van der Waals surface area (Å²) in [5, 5.41) is 0. The van der Waals surface area contributed by atoms with Crippen LogP contribution in [0.15, 0.2) is 0 Å². The molecule has 0 radical (unpaired) electrons. The average Bonchev–Trinajstić information content (AvgIpc) is 2.08. The molecule has 0 aromatic heterocycles. The van der Waals surface area contributed by atoms with Crippen molar-refractivity contribution in [3.05, 3.63) is 0 Å². The Labute approximate surface area is 82.5 Å². The molecule has 0 spiro atoms. The average molecular weight is 225 g/mol. The molecule has 0 unspecified atom stereocenters. The second-order valence-corrected chi connectivity index (χ2v) is 4.82. The standard InChI is InChI=1S/C7H16NO5P/c8-13-7(9)5-3-1-2-4-6-14(10,11)12/h1-6,8H2,(H2,10,11,12). The Morgan fingerprint density at radius 2 is 1.79 bits per heavy atom. The molecule has 0 aromatic rings. The van der Waals surface area contributed by atoms with E-state index in [9.17, 15) is 9.36 Å². The van der Waals surface area contributed by atoms with Crippen LogP contribution in [0.2, 0.25) is 0 Å². The fraction of sp³-hybridized carbons (Fsp3) is 0.857. The number of hydrogen-bond acceptors (Lipinski definition) is 4. The third kappa shape index (κ3) is 9.67. The van der Waals surface area contributed by atoms with E-state index in [-0.39, 0.29) is 12.6 Å². The Balaban J connectivity index is 3.23. The monoisotopic (exact) mass is 225 g/mol. The van der Waals surface area contributed by atoms with Gasteiger partial charge in [0.15, 0.2) is 0 Å². The van der Waals surface area contributed by atoms with Gasteiger partial charge in [0.1, 0.15) is 0 Å². The van der Waals surface area contributed by atoms with Crippen molar-refractivity contribution >= 4 is 13.6 Å². The molecule has 0 aromatic carbocycles. The first-order valence-corrected chi connectivity index (χ1v) is 6.19. The van der Waals surface area contributed by atoms with E-state index in [0.717, 1.165) is 6.42 Å². The molecule has 0 bridgehead atoms. The minimum Gasteiger partial charge on any atom is -0.373 e. The summed E-state index contributed by atoms with van der Waals surface area (Å²) in [6.07, 6.45) is 2.72. The zero-order valence-corrected chi connectivity index (χ0v) is 8.78. The van der Waals surface area contributed by atoms with Crippen molar-refractivity contribution in [1.29, 1.82) is 0 Å². The maximum Gasteiger partial charge on any atom is 0.325 e. The van der Waals surface area contributed by atoms with Gasteiger partial charge in [0.05, 0.1) is 0 Å². The van der Waals surface area contributed by atoms with E-state index < -0.39 is 13.6 Å². The number of carbonyl (C=O) groups excluding carboxylic acids is 1. The fourth-order valence-corrected chi connectivity index (χ4v) is 1.64. The molecule has 0 heterocycles. The molecule has 0 atom stereocenters. The molecule has 0 aliphatic heterocycles. The van der Waals surface area contributed by atoms with Gasteiger partial charge in [-0.25, -0.2) is 0 Å². The molecule has 0 aliphatic carbocycles. The van der Waals surface area contributed by atoms with Gasteiger partial charge in [0, 0.05) is 12.6 Å². The van der Waals surface area contributed by atoms with E-state index in [2.05, 4.69) is 10.7 Å². The number of unbranched alkanes of at least 4 members (excludes halogenated alkanes) is 3. The summed E-state index contributed by atoms with van der Waals surface area (Å²) in [6.45, 7) is 0. The number of carbonyl (C=O) groups is 1. The van der Waals surface area contributed by atoms with Crippen molar-refractivity contribution in [2.75, 3.05) is 6.16 Å². The maximum atomic E-state index is 10.5. The van der Waals surface area contributed by atoms with Crippen LogP contribution in [-0.4, -0.2) is 21.9 Å². The Bertz CT molecular complexity index is 214. The number of rotatable bonds is 7. The molecule has 6 nitrogen and oxygen atoms in total. The van der Waals surface area contributed by atoms with Crippen molar-refractivity contribution in [2.45, 2.75) is 32.1 Å². The molecule has 0 saturated carbocycles. The molecular formula is C7H16NO5P. The zero-order chi connectivity index (χ0) is 11.0. The Morgan fingerprint density at radius 3 is 2.29 bits per heavy atom. The molecule has 4 N–H and O–H groups in total. The fourth-order valence-electron chi connectivity index (χ4n) is 1.000. The SMILES string of the molecule is NOC(=O)CCCCCCP(=O)(O)O. The molecule has 7 heteroatoms. The Morgan fingerprint density at radius 1 is 1.21 bits per heavy atom. The van der Waals surface area contributed by atoms with Crippen LogP contribution in [0.5, 0.6) is 0 Å². The van der Waals surface area contributed by atoms with Gasteiger partial charge in [-0.3, -0.25) is 9.36 Å². The van der Waals surface area contributed by atoms with Crippen LogP contribution in [-0.2, 0) is 14.2 Å². The molecular weight excluding hydrogens is 209 g/mol. The summed E-state index contributed by atoms with van der Waals surface area (Å²) < 4.78 is 10.4. The summed E-state index contributed by atoms with van der Waals surface area (Å²) in [6, 6.07) is 0. The molecule has 14 heavy (non-hydrogen) atoms. The van der Waals surface area contributed by atoms with Crippen molar-refractivity contribution in [2.24, 2.45) is 5.90 Å². The first-order valence-electron chi connectivity index (χ1n) is 4.40. The van der Waals surface area contributed by atoms with Crippen LogP contribution in [0, 0.1) is 0 Å². The first kappa shape index (κ1) is 13.6. The maximum absolute atomic E-state index is 10.5. The van der Waals surface area contributed by atoms with Crippen LogP contribution >= 0.6 is 7.60 Å². The van der Waals surface area contributed by atoms with E-state index in [1.165, 1.54) is 0 Å². The highest BCUT2D eigenvalue weighted by molar-refractivity contribution is 7.51. The smallest absolute Gasteiger partial charge is 0.325 e. The minimum absolute atomic E-state index is 0.0890. The van der Waals surface area contributed by atoms with Crippen LogP contribution in [0.3, 0.4) is 0 Å². The van der Waals surface area contributed by atoms with E-state index in [1.807, 2.05) is 0 Å². The van der Waals surface area contributed by atoms with Crippen LogP contribution < -0.4 is 5.90 Å². The highest BCUT2D eigenvalue weighted by atomic mass is 31.2. The first-order chi connectivity index (χ1) is 6.45. The third-order valence-corrected chi connectivity index (χ3v) is 2.61. The van der Waals surface area contributed by atoms with Crippen molar-refractivity contribution in [1.82, 2.24) is 0 Å². The lowest BCUT2D eigenvalue weighted by atomic mass is 10.2. The lowest BCUT2D eigenvalue weighted by Gasteiger charge is -2.02. The second-order valence-electron chi connectivity index (χ2n) is 3.04. The summed E-state index contributed by atoms with van der Waals surface area (Å²) in [5.41, 5.74) is 0. The molecule has 0 aliphatic rings. The predicted molar refractivity (Wildman–Crippen MR) is 50.3 cm³/mol. The normalized spacial score (nSPS) is 11.4. The van der Waals surface area contributed by atoms with Gasteiger partial charge in [-0.05, 0) is 12.8 Å². The van der Waals surface area contributed by atoms with E-state index in [0.29, 0.717) is 19.3 Å². The van der Waals surface area contributed by atoms with Gasteiger partial charge in [-0.15, -0.1) is 0 Å². The van der Waals surface area contributed by atoms with Gasteiger partial charge in [-0.1, -0.05) is 12.8 Å². The minimum atomic E-state index is -3.85. The van der Waals surface area contributed by atoms with E-state index in [4.69, 9.17) is 9.79 Å². The summed E-state index contributed by atoms with van der Waals surface area (Å²) in [4.78, 5) is 31.5. The van der Waals surface area contributed by atoms with Crippen molar-refractivity contribution < 1.29 is 24.0 Å². The van der Waals surface area contributed by atoms with Crippen molar-refractivity contribution in [3.8, 4) is 0 Å². The highest BCUT2D eigenvalue weighted by Gasteiger charge is 2.11. The molecule has 0 saturated heterocycles. The quantitative estimate of drug-likeness (QED) is 0.331. The summed E-state index contributed by atoms with van der Waals surface area (Å²) in [7, 11) is -3.85. The van der Waals surface area contributed by atoms with Gasteiger partial charge in [-0.2, -0.15) is 5.90 Å². The Kier molecular flexibility index (Phi) is 6.74.